The maximum atomic E-state index is 14.0. The SMILES string of the molecule is O=C(NN(C(=O)c1ccccc1F)c1nc(C(F)(F)F)cs1)c1ccccc1F. The number of carbonyl (C=O) groups is 2. The number of rotatable bonds is 3. The molecule has 0 fully saturated rings. The molecule has 0 saturated carbocycles. The second-order valence-corrected chi connectivity index (χ2v) is 6.39. The number of hydrogen-bond donors (Lipinski definition) is 1. The molecule has 29 heavy (non-hydrogen) atoms. The maximum absolute atomic E-state index is 14.0. The summed E-state index contributed by atoms with van der Waals surface area (Å²) in [4.78, 5) is 28.4. The van der Waals surface area contributed by atoms with Crippen molar-refractivity contribution in [3.8, 4) is 0 Å². The van der Waals surface area contributed by atoms with E-state index in [0.29, 0.717) is 21.7 Å². The number of amides is 2. The zero-order valence-electron chi connectivity index (χ0n) is 14.2. The predicted molar refractivity (Wildman–Crippen MR) is 94.2 cm³/mol. The van der Waals surface area contributed by atoms with E-state index in [2.05, 4.69) is 4.98 Å². The van der Waals surface area contributed by atoms with Crippen molar-refractivity contribution in [3.05, 3.63) is 82.4 Å². The summed E-state index contributed by atoms with van der Waals surface area (Å²) in [5.74, 6) is -4.19. The fourth-order valence-corrected chi connectivity index (χ4v) is 3.03. The van der Waals surface area contributed by atoms with Crippen LogP contribution in [-0.2, 0) is 6.18 Å². The van der Waals surface area contributed by atoms with E-state index >= 15 is 0 Å². The Morgan fingerprint density at radius 1 is 0.931 bits per heavy atom. The molecule has 0 bridgehead atoms. The molecule has 2 amide bonds. The van der Waals surface area contributed by atoms with E-state index in [1.54, 1.807) is 0 Å². The van der Waals surface area contributed by atoms with Crippen molar-refractivity contribution in [1.82, 2.24) is 10.4 Å². The fraction of sp³-hybridized carbons (Fsp3) is 0.0556. The lowest BCUT2D eigenvalue weighted by Crippen LogP contribution is -2.47. The number of alkyl halides is 3. The van der Waals surface area contributed by atoms with Gasteiger partial charge in [-0.25, -0.2) is 13.8 Å². The number of hydrazine groups is 1. The van der Waals surface area contributed by atoms with E-state index in [1.165, 1.54) is 24.3 Å². The molecule has 0 saturated heterocycles. The van der Waals surface area contributed by atoms with Gasteiger partial charge in [0.05, 0.1) is 11.1 Å². The van der Waals surface area contributed by atoms with Crippen LogP contribution in [0.1, 0.15) is 26.4 Å². The third-order valence-electron chi connectivity index (χ3n) is 3.61. The van der Waals surface area contributed by atoms with Crippen LogP contribution in [0.5, 0.6) is 0 Å². The molecule has 1 N–H and O–H groups in total. The van der Waals surface area contributed by atoms with Crippen molar-refractivity contribution in [2.45, 2.75) is 6.18 Å². The molecule has 0 aliphatic rings. The van der Waals surface area contributed by atoms with Gasteiger partial charge in [0.25, 0.3) is 11.8 Å². The van der Waals surface area contributed by atoms with E-state index < -0.39 is 51.6 Å². The zero-order valence-corrected chi connectivity index (χ0v) is 15.0. The summed E-state index contributed by atoms with van der Waals surface area (Å²) < 4.78 is 66.5. The fourth-order valence-electron chi connectivity index (χ4n) is 2.24. The first-order valence-electron chi connectivity index (χ1n) is 7.85. The van der Waals surface area contributed by atoms with Gasteiger partial charge in [-0.1, -0.05) is 24.3 Å². The minimum absolute atomic E-state index is 0.354. The third kappa shape index (κ3) is 4.40. The maximum Gasteiger partial charge on any atom is 0.434 e. The Labute approximate surface area is 164 Å². The van der Waals surface area contributed by atoms with Crippen LogP contribution in [0.25, 0.3) is 0 Å². The summed E-state index contributed by atoms with van der Waals surface area (Å²) >= 11 is 0.398. The first-order valence-corrected chi connectivity index (χ1v) is 8.73. The summed E-state index contributed by atoms with van der Waals surface area (Å²) in [5.41, 5.74) is -0.292. The van der Waals surface area contributed by atoms with Crippen LogP contribution in [0, 0.1) is 11.6 Å². The quantitative estimate of drug-likeness (QED) is 0.497. The van der Waals surface area contributed by atoms with Crippen molar-refractivity contribution in [3.63, 3.8) is 0 Å². The van der Waals surface area contributed by atoms with Gasteiger partial charge in [0.2, 0.25) is 5.13 Å². The molecule has 150 valence electrons. The van der Waals surface area contributed by atoms with Crippen molar-refractivity contribution in [2.75, 3.05) is 5.01 Å². The van der Waals surface area contributed by atoms with E-state index in [4.69, 9.17) is 0 Å². The molecular weight excluding hydrogens is 417 g/mol. The number of carbonyl (C=O) groups excluding carboxylic acids is 2. The number of thiazole rings is 1. The highest BCUT2D eigenvalue weighted by Gasteiger charge is 2.36. The van der Waals surface area contributed by atoms with E-state index in [-0.39, 0.29) is 0 Å². The predicted octanol–water partition coefficient (Wildman–Crippen LogP) is 4.43. The van der Waals surface area contributed by atoms with Crippen molar-refractivity contribution in [1.29, 1.82) is 0 Å². The number of anilines is 1. The average molecular weight is 427 g/mol. The topological polar surface area (TPSA) is 62.3 Å². The highest BCUT2D eigenvalue weighted by Crippen LogP contribution is 2.33. The second-order valence-electron chi connectivity index (χ2n) is 5.55. The molecule has 0 aliphatic heterocycles. The number of hydrogen-bond acceptors (Lipinski definition) is 4. The first-order chi connectivity index (χ1) is 13.7. The Balaban J connectivity index is 2.01. The average Bonchev–Trinajstić information content (AvgIpc) is 3.16. The lowest BCUT2D eigenvalue weighted by molar-refractivity contribution is -0.140. The number of nitrogens with one attached hydrogen (secondary N) is 1. The molecule has 5 nitrogen and oxygen atoms in total. The summed E-state index contributed by atoms with van der Waals surface area (Å²) in [6.07, 6.45) is -4.79. The Bertz CT molecular complexity index is 1070. The lowest BCUT2D eigenvalue weighted by atomic mass is 10.2. The number of aromatic nitrogens is 1. The summed E-state index contributed by atoms with van der Waals surface area (Å²) in [6.45, 7) is 0. The number of benzene rings is 2. The molecule has 0 aliphatic carbocycles. The van der Waals surface area contributed by atoms with Gasteiger partial charge in [-0.3, -0.25) is 15.0 Å². The summed E-state index contributed by atoms with van der Waals surface area (Å²) in [5, 5.41) is 0.412. The highest BCUT2D eigenvalue weighted by atomic mass is 32.1. The van der Waals surface area contributed by atoms with Gasteiger partial charge < -0.3 is 0 Å². The molecule has 1 aromatic heterocycles. The van der Waals surface area contributed by atoms with Crippen LogP contribution in [0.15, 0.2) is 53.9 Å². The molecule has 3 rings (SSSR count). The van der Waals surface area contributed by atoms with E-state index in [9.17, 15) is 31.5 Å². The Morgan fingerprint density at radius 3 is 2.00 bits per heavy atom. The number of halogens is 5. The smallest absolute Gasteiger partial charge is 0.267 e. The van der Waals surface area contributed by atoms with Crippen LogP contribution < -0.4 is 10.4 Å². The van der Waals surface area contributed by atoms with Gasteiger partial charge >= 0.3 is 6.18 Å². The molecule has 0 spiro atoms. The highest BCUT2D eigenvalue weighted by molar-refractivity contribution is 7.14. The molecule has 11 heteroatoms. The largest absolute Gasteiger partial charge is 0.434 e. The van der Waals surface area contributed by atoms with Crippen LogP contribution in [-0.4, -0.2) is 16.8 Å². The van der Waals surface area contributed by atoms with Gasteiger partial charge in [-0.05, 0) is 24.3 Å². The molecule has 0 unspecified atom stereocenters. The van der Waals surface area contributed by atoms with Gasteiger partial charge in [0.1, 0.15) is 11.6 Å². The Morgan fingerprint density at radius 2 is 1.48 bits per heavy atom. The van der Waals surface area contributed by atoms with Crippen LogP contribution in [0.3, 0.4) is 0 Å². The van der Waals surface area contributed by atoms with Crippen LogP contribution in [0.2, 0.25) is 0 Å². The van der Waals surface area contributed by atoms with Gasteiger partial charge in [-0.2, -0.15) is 18.2 Å². The van der Waals surface area contributed by atoms with Crippen molar-refractivity contribution >= 4 is 28.3 Å². The third-order valence-corrected chi connectivity index (χ3v) is 4.44. The van der Waals surface area contributed by atoms with E-state index in [0.717, 1.165) is 24.3 Å². The molecule has 2 aromatic carbocycles. The standard InChI is InChI=1S/C18H10F5N3O2S/c19-12-7-3-1-5-10(12)15(27)25-26(16(28)11-6-2-4-8-13(11)20)17-24-14(9-29-17)18(21,22)23/h1-9H,(H,25,27). The molecule has 0 atom stereocenters. The van der Waals surface area contributed by atoms with Crippen molar-refractivity contribution in [2.24, 2.45) is 0 Å². The molecule has 3 aromatic rings. The van der Waals surface area contributed by atoms with Crippen LogP contribution in [0.4, 0.5) is 27.1 Å². The molecular formula is C18H10F5N3O2S. The monoisotopic (exact) mass is 427 g/mol. The minimum Gasteiger partial charge on any atom is -0.267 e. The van der Waals surface area contributed by atoms with E-state index in [1.807, 2.05) is 5.43 Å². The molecule has 0 radical (unpaired) electrons. The van der Waals surface area contributed by atoms with Crippen molar-refractivity contribution < 1.29 is 31.5 Å². The van der Waals surface area contributed by atoms with Gasteiger partial charge in [-0.15, -0.1) is 11.3 Å². The Hall–Kier alpha value is -3.34. The number of nitrogens with zero attached hydrogens (tertiary/aromatic N) is 2. The first kappa shape index (κ1) is 20.4. The van der Waals surface area contributed by atoms with Crippen LogP contribution >= 0.6 is 11.3 Å². The normalized spacial score (nSPS) is 11.2. The minimum atomic E-state index is -4.79. The lowest BCUT2D eigenvalue weighted by Gasteiger charge is -2.21. The Kier molecular flexibility index (Phi) is 5.59. The van der Waals surface area contributed by atoms with Gasteiger partial charge in [0.15, 0.2) is 5.69 Å². The summed E-state index contributed by atoms with van der Waals surface area (Å²) in [7, 11) is 0. The second kappa shape index (κ2) is 7.95. The summed E-state index contributed by atoms with van der Waals surface area (Å²) in [6, 6.07) is 9.46. The van der Waals surface area contributed by atoms with Gasteiger partial charge in [0, 0.05) is 5.38 Å². The molecule has 1 heterocycles. The zero-order chi connectivity index (χ0) is 21.2.